The second kappa shape index (κ2) is 8.25. The van der Waals surface area contributed by atoms with E-state index in [1.165, 1.54) is 5.56 Å². The molecule has 1 heterocycles. The maximum absolute atomic E-state index is 12.0. The molecule has 1 atom stereocenters. The first kappa shape index (κ1) is 17.0. The van der Waals surface area contributed by atoms with Crippen LogP contribution >= 0.6 is 12.4 Å². The van der Waals surface area contributed by atoms with E-state index in [0.717, 1.165) is 38.2 Å². The number of aryl methyl sites for hydroxylation is 1. The van der Waals surface area contributed by atoms with E-state index in [0.29, 0.717) is 12.5 Å². The molecule has 0 bridgehead atoms. The van der Waals surface area contributed by atoms with Gasteiger partial charge in [-0.15, -0.1) is 12.4 Å². The van der Waals surface area contributed by atoms with Gasteiger partial charge in [0.1, 0.15) is 0 Å². The van der Waals surface area contributed by atoms with Crippen LogP contribution in [0.2, 0.25) is 0 Å². The van der Waals surface area contributed by atoms with Crippen LogP contribution in [-0.4, -0.2) is 37.0 Å². The average Bonchev–Trinajstić information content (AvgIpc) is 2.86. The van der Waals surface area contributed by atoms with Crippen LogP contribution < -0.4 is 11.1 Å². The summed E-state index contributed by atoms with van der Waals surface area (Å²) in [6.07, 6.45) is 2.09. The normalized spacial score (nSPS) is 18.6. The third kappa shape index (κ3) is 4.78. The maximum atomic E-state index is 12.0. The molecule has 1 saturated heterocycles. The molecular formula is C15H24ClN3O. The first-order valence-electron chi connectivity index (χ1n) is 7.02. The van der Waals surface area contributed by atoms with Crippen LogP contribution in [0.1, 0.15) is 18.9 Å². The van der Waals surface area contributed by atoms with Crippen LogP contribution in [0.5, 0.6) is 0 Å². The van der Waals surface area contributed by atoms with Gasteiger partial charge in [0.2, 0.25) is 5.91 Å². The lowest BCUT2D eigenvalue weighted by atomic mass is 10.1. The van der Waals surface area contributed by atoms with Crippen molar-refractivity contribution in [2.24, 2.45) is 11.7 Å². The van der Waals surface area contributed by atoms with Crippen molar-refractivity contribution in [3.63, 3.8) is 0 Å². The summed E-state index contributed by atoms with van der Waals surface area (Å²) in [6.45, 7) is 5.21. The molecule has 1 amide bonds. The van der Waals surface area contributed by atoms with Crippen molar-refractivity contribution in [2.45, 2.75) is 19.8 Å². The fourth-order valence-electron chi connectivity index (χ4n) is 2.52. The van der Waals surface area contributed by atoms with Gasteiger partial charge in [0, 0.05) is 12.2 Å². The number of amides is 1. The molecule has 0 aromatic heterocycles. The van der Waals surface area contributed by atoms with Gasteiger partial charge in [-0.3, -0.25) is 9.69 Å². The van der Waals surface area contributed by atoms with Gasteiger partial charge in [-0.2, -0.15) is 0 Å². The molecule has 1 aromatic rings. The molecule has 1 aliphatic rings. The van der Waals surface area contributed by atoms with E-state index in [1.54, 1.807) is 0 Å². The molecule has 1 aromatic carbocycles. The second-order valence-corrected chi connectivity index (χ2v) is 5.23. The number of hydrogen-bond acceptors (Lipinski definition) is 3. The lowest BCUT2D eigenvalue weighted by Crippen LogP contribution is -2.32. The maximum Gasteiger partial charge on any atom is 0.238 e. The van der Waals surface area contributed by atoms with E-state index in [1.807, 2.05) is 18.2 Å². The third-order valence-electron chi connectivity index (χ3n) is 3.69. The Labute approximate surface area is 127 Å². The molecule has 112 valence electrons. The highest BCUT2D eigenvalue weighted by Crippen LogP contribution is 2.15. The Morgan fingerprint density at radius 2 is 2.30 bits per heavy atom. The first-order chi connectivity index (χ1) is 9.21. The highest BCUT2D eigenvalue weighted by atomic mass is 35.5. The van der Waals surface area contributed by atoms with E-state index in [9.17, 15) is 4.79 Å². The minimum Gasteiger partial charge on any atom is -0.330 e. The van der Waals surface area contributed by atoms with Crippen LogP contribution in [0, 0.1) is 5.92 Å². The van der Waals surface area contributed by atoms with Gasteiger partial charge < -0.3 is 11.1 Å². The number of nitrogens with one attached hydrogen (secondary N) is 1. The Kier molecular flexibility index (Phi) is 6.99. The van der Waals surface area contributed by atoms with Crippen LogP contribution in [0.4, 0.5) is 5.69 Å². The number of halogens is 1. The summed E-state index contributed by atoms with van der Waals surface area (Å²) in [6, 6.07) is 8.02. The fourth-order valence-corrected chi connectivity index (χ4v) is 2.52. The Morgan fingerprint density at radius 1 is 1.50 bits per heavy atom. The lowest BCUT2D eigenvalue weighted by molar-refractivity contribution is -0.117. The van der Waals surface area contributed by atoms with Crippen molar-refractivity contribution >= 4 is 24.0 Å². The molecule has 1 fully saturated rings. The molecule has 0 radical (unpaired) electrons. The minimum atomic E-state index is 0. The summed E-state index contributed by atoms with van der Waals surface area (Å²) < 4.78 is 0. The van der Waals surface area contributed by atoms with Crippen LogP contribution in [0.15, 0.2) is 24.3 Å². The Balaban J connectivity index is 0.00000200. The molecule has 5 heteroatoms. The molecule has 3 N–H and O–H groups in total. The smallest absolute Gasteiger partial charge is 0.238 e. The Bertz CT molecular complexity index is 439. The van der Waals surface area contributed by atoms with Gasteiger partial charge in [0.15, 0.2) is 0 Å². The summed E-state index contributed by atoms with van der Waals surface area (Å²) in [5, 5.41) is 2.96. The summed E-state index contributed by atoms with van der Waals surface area (Å²) >= 11 is 0. The van der Waals surface area contributed by atoms with E-state index in [-0.39, 0.29) is 18.3 Å². The number of likely N-dealkylation sites (tertiary alicyclic amines) is 1. The summed E-state index contributed by atoms with van der Waals surface area (Å²) in [7, 11) is 0. The van der Waals surface area contributed by atoms with Crippen LogP contribution in [0.25, 0.3) is 0 Å². The molecule has 1 aliphatic heterocycles. The highest BCUT2D eigenvalue weighted by molar-refractivity contribution is 5.92. The SMILES string of the molecule is CCc1cccc(NC(=O)CN2CCC(CN)C2)c1.Cl. The van der Waals surface area contributed by atoms with Crippen molar-refractivity contribution < 1.29 is 4.79 Å². The number of anilines is 1. The lowest BCUT2D eigenvalue weighted by Gasteiger charge is -2.15. The van der Waals surface area contributed by atoms with E-state index < -0.39 is 0 Å². The number of benzene rings is 1. The van der Waals surface area contributed by atoms with Gasteiger partial charge in [0.05, 0.1) is 6.54 Å². The third-order valence-corrected chi connectivity index (χ3v) is 3.69. The van der Waals surface area contributed by atoms with Crippen LogP contribution in [-0.2, 0) is 11.2 Å². The Morgan fingerprint density at radius 3 is 2.95 bits per heavy atom. The van der Waals surface area contributed by atoms with Gasteiger partial charge in [-0.1, -0.05) is 19.1 Å². The number of rotatable bonds is 5. The molecular weight excluding hydrogens is 274 g/mol. The molecule has 1 unspecified atom stereocenters. The minimum absolute atomic E-state index is 0. The first-order valence-corrected chi connectivity index (χ1v) is 7.02. The molecule has 4 nitrogen and oxygen atoms in total. The molecule has 2 rings (SSSR count). The summed E-state index contributed by atoms with van der Waals surface area (Å²) in [5.74, 6) is 0.613. The fraction of sp³-hybridized carbons (Fsp3) is 0.533. The quantitative estimate of drug-likeness (QED) is 0.872. The predicted octanol–water partition coefficient (Wildman–Crippen LogP) is 1.89. The Hall–Kier alpha value is -1.10. The standard InChI is InChI=1S/C15H23N3O.ClH/c1-2-12-4-3-5-14(8-12)17-15(19)11-18-7-6-13(9-16)10-18;/h3-5,8,13H,2,6-7,9-11,16H2,1H3,(H,17,19);1H. The van der Waals surface area contributed by atoms with Gasteiger partial charge in [-0.05, 0) is 49.5 Å². The number of nitrogens with zero attached hydrogens (tertiary/aromatic N) is 1. The monoisotopic (exact) mass is 297 g/mol. The largest absolute Gasteiger partial charge is 0.330 e. The highest BCUT2D eigenvalue weighted by Gasteiger charge is 2.22. The van der Waals surface area contributed by atoms with Gasteiger partial charge in [0.25, 0.3) is 0 Å². The van der Waals surface area contributed by atoms with E-state index in [2.05, 4.69) is 23.2 Å². The number of hydrogen-bond donors (Lipinski definition) is 2. The molecule has 0 saturated carbocycles. The zero-order valence-electron chi connectivity index (χ0n) is 12.0. The van der Waals surface area contributed by atoms with E-state index >= 15 is 0 Å². The van der Waals surface area contributed by atoms with Crippen molar-refractivity contribution in [1.29, 1.82) is 0 Å². The zero-order valence-corrected chi connectivity index (χ0v) is 12.8. The summed E-state index contributed by atoms with van der Waals surface area (Å²) in [5.41, 5.74) is 7.78. The van der Waals surface area contributed by atoms with Crippen molar-refractivity contribution in [2.75, 3.05) is 31.5 Å². The summed E-state index contributed by atoms with van der Waals surface area (Å²) in [4.78, 5) is 14.2. The van der Waals surface area contributed by atoms with Crippen molar-refractivity contribution in [3.8, 4) is 0 Å². The van der Waals surface area contributed by atoms with Gasteiger partial charge >= 0.3 is 0 Å². The molecule has 20 heavy (non-hydrogen) atoms. The second-order valence-electron chi connectivity index (χ2n) is 5.23. The number of carbonyl (C=O) groups is 1. The topological polar surface area (TPSA) is 58.4 Å². The predicted molar refractivity (Wildman–Crippen MR) is 85.3 cm³/mol. The van der Waals surface area contributed by atoms with Crippen molar-refractivity contribution in [1.82, 2.24) is 4.90 Å². The number of carbonyl (C=O) groups excluding carboxylic acids is 1. The van der Waals surface area contributed by atoms with E-state index in [4.69, 9.17) is 5.73 Å². The molecule has 0 spiro atoms. The van der Waals surface area contributed by atoms with Crippen molar-refractivity contribution in [3.05, 3.63) is 29.8 Å². The van der Waals surface area contributed by atoms with Gasteiger partial charge in [-0.25, -0.2) is 0 Å². The molecule has 0 aliphatic carbocycles. The van der Waals surface area contributed by atoms with Crippen LogP contribution in [0.3, 0.4) is 0 Å². The average molecular weight is 298 g/mol. The number of nitrogens with two attached hydrogens (primary N) is 1. The zero-order chi connectivity index (χ0) is 13.7.